The van der Waals surface area contributed by atoms with Gasteiger partial charge in [0.25, 0.3) is 0 Å². The predicted octanol–water partition coefficient (Wildman–Crippen LogP) is 7.05. The van der Waals surface area contributed by atoms with Crippen LogP contribution in [0.1, 0.15) is 62.3 Å². The minimum Gasteiger partial charge on any atom is -0.508 e. The summed E-state index contributed by atoms with van der Waals surface area (Å²) in [6.45, 7) is 11.1. The highest BCUT2D eigenvalue weighted by Crippen LogP contribution is 2.47. The molecule has 1 fully saturated rings. The zero-order valence-corrected chi connectivity index (χ0v) is 23.9. The molecule has 2 aliphatic rings. The Morgan fingerprint density at radius 3 is 2.45 bits per heavy atom. The van der Waals surface area contributed by atoms with Gasteiger partial charge in [-0.1, -0.05) is 38.5 Å². The van der Waals surface area contributed by atoms with Crippen LogP contribution < -0.4 is 9.64 Å². The Morgan fingerprint density at radius 2 is 1.70 bits per heavy atom. The molecule has 1 aliphatic carbocycles. The third-order valence-corrected chi connectivity index (χ3v) is 8.44. The van der Waals surface area contributed by atoms with Gasteiger partial charge in [-0.05, 0) is 97.9 Å². The van der Waals surface area contributed by atoms with E-state index in [9.17, 15) is 10.2 Å². The van der Waals surface area contributed by atoms with Crippen LogP contribution in [-0.2, 0) is 18.4 Å². The van der Waals surface area contributed by atoms with Gasteiger partial charge in [-0.25, -0.2) is 4.39 Å². The second-order valence-corrected chi connectivity index (χ2v) is 11.5. The average Bonchev–Trinajstić information content (AvgIpc) is 2.93. The van der Waals surface area contributed by atoms with Crippen LogP contribution in [0.25, 0.3) is 5.57 Å². The van der Waals surface area contributed by atoms with E-state index < -0.39 is 0 Å². The third-order valence-electron chi connectivity index (χ3n) is 8.44. The molecule has 1 saturated heterocycles. The first-order valence-electron chi connectivity index (χ1n) is 14.5. The summed E-state index contributed by atoms with van der Waals surface area (Å²) in [6.07, 6.45) is 6.69. The van der Waals surface area contributed by atoms with Gasteiger partial charge in [0.2, 0.25) is 0 Å². The molecular formula is C34H41FN2O3. The molecule has 0 aromatic heterocycles. The summed E-state index contributed by atoms with van der Waals surface area (Å²) < 4.78 is 20.9. The molecule has 0 spiro atoms. The quantitative estimate of drug-likeness (QED) is 0.302. The largest absolute Gasteiger partial charge is 0.508 e. The topological polar surface area (TPSA) is 56.2 Å². The van der Waals surface area contributed by atoms with Crippen LogP contribution in [0.2, 0.25) is 0 Å². The van der Waals surface area contributed by atoms with Crippen molar-refractivity contribution in [3.8, 4) is 17.2 Å². The van der Waals surface area contributed by atoms with Crippen molar-refractivity contribution in [2.45, 2.75) is 58.4 Å². The van der Waals surface area contributed by atoms with Crippen molar-refractivity contribution in [1.82, 2.24) is 4.90 Å². The van der Waals surface area contributed by atoms with Gasteiger partial charge in [0, 0.05) is 42.4 Å². The van der Waals surface area contributed by atoms with E-state index in [0.29, 0.717) is 25.4 Å². The van der Waals surface area contributed by atoms with Gasteiger partial charge < -0.3 is 19.8 Å². The number of allylic oxidation sites excluding steroid dienone is 2. The van der Waals surface area contributed by atoms with E-state index >= 15 is 4.39 Å². The summed E-state index contributed by atoms with van der Waals surface area (Å²) in [5.74, 6) is 0.417. The number of likely N-dealkylation sites (tertiary alicyclic amines) is 1. The smallest absolute Gasteiger partial charge is 0.165 e. The molecule has 0 unspecified atom stereocenters. The average molecular weight is 545 g/mol. The molecule has 3 aromatic rings. The lowest BCUT2D eigenvalue weighted by Gasteiger charge is -2.37. The van der Waals surface area contributed by atoms with E-state index in [1.807, 2.05) is 24.3 Å². The van der Waals surface area contributed by atoms with Gasteiger partial charge in [-0.15, -0.1) is 0 Å². The Morgan fingerprint density at radius 1 is 0.950 bits per heavy atom. The van der Waals surface area contributed by atoms with Gasteiger partial charge in [0.1, 0.15) is 18.1 Å². The van der Waals surface area contributed by atoms with Crippen LogP contribution in [0.15, 0.2) is 60.7 Å². The number of hydrogen-bond acceptors (Lipinski definition) is 5. The lowest BCUT2D eigenvalue weighted by atomic mass is 9.69. The number of phenols is 2. The minimum absolute atomic E-state index is 0.195. The molecule has 0 atom stereocenters. The molecule has 0 radical (unpaired) electrons. The van der Waals surface area contributed by atoms with Crippen LogP contribution in [0, 0.1) is 5.82 Å². The van der Waals surface area contributed by atoms with Crippen molar-refractivity contribution in [2.75, 3.05) is 37.7 Å². The Labute approximate surface area is 237 Å². The highest BCUT2D eigenvalue weighted by molar-refractivity contribution is 5.85. The highest BCUT2D eigenvalue weighted by Gasteiger charge is 2.33. The molecule has 1 aliphatic heterocycles. The molecule has 5 nitrogen and oxygen atoms in total. The number of anilines is 1. The number of fused-ring (bicyclic) bond motifs is 1. The monoisotopic (exact) mass is 544 g/mol. The van der Waals surface area contributed by atoms with Gasteiger partial charge in [-0.2, -0.15) is 0 Å². The Kier molecular flexibility index (Phi) is 8.36. The number of benzene rings is 3. The summed E-state index contributed by atoms with van der Waals surface area (Å²) in [6, 6.07) is 16.3. The molecule has 212 valence electrons. The van der Waals surface area contributed by atoms with E-state index in [-0.39, 0.29) is 22.7 Å². The van der Waals surface area contributed by atoms with E-state index in [2.05, 4.69) is 36.6 Å². The van der Waals surface area contributed by atoms with Gasteiger partial charge >= 0.3 is 0 Å². The first-order valence-corrected chi connectivity index (χ1v) is 14.5. The standard InChI is InChI=1S/C34H41FN2O3/c1-4-37(23-24-8-15-33(31(35)20-24)40-19-18-36-16-6-5-7-17-36)32-22-27(39)10-12-28(32)30-13-9-25-21-26(38)11-14-29(25)34(30,2)3/h8,10-15,20-22,38-39H,4-7,9,16-19,23H2,1-3H3. The molecule has 0 amide bonds. The summed E-state index contributed by atoms with van der Waals surface area (Å²) >= 11 is 0. The third kappa shape index (κ3) is 5.97. The van der Waals surface area contributed by atoms with E-state index in [0.717, 1.165) is 48.4 Å². The first-order chi connectivity index (χ1) is 19.3. The number of phenolic OH excluding ortho intramolecular Hbond substituents is 2. The number of hydrogen-bond donors (Lipinski definition) is 2. The van der Waals surface area contributed by atoms with Gasteiger partial charge in [0.15, 0.2) is 11.6 Å². The zero-order valence-electron chi connectivity index (χ0n) is 23.9. The van der Waals surface area contributed by atoms with Crippen molar-refractivity contribution in [2.24, 2.45) is 0 Å². The number of rotatable bonds is 9. The van der Waals surface area contributed by atoms with Gasteiger partial charge in [0.05, 0.1) is 0 Å². The second kappa shape index (κ2) is 11.9. The van der Waals surface area contributed by atoms with Crippen molar-refractivity contribution in [1.29, 1.82) is 0 Å². The van der Waals surface area contributed by atoms with Crippen molar-refractivity contribution >= 4 is 11.3 Å². The maximum absolute atomic E-state index is 15.1. The minimum atomic E-state index is -0.348. The molecule has 3 aromatic carbocycles. The Hall–Kier alpha value is -3.51. The molecule has 6 heteroatoms. The van der Waals surface area contributed by atoms with Gasteiger partial charge in [-0.3, -0.25) is 4.90 Å². The fourth-order valence-electron chi connectivity index (χ4n) is 6.24. The maximum Gasteiger partial charge on any atom is 0.165 e. The van der Waals surface area contributed by atoms with Crippen LogP contribution in [0.5, 0.6) is 17.2 Å². The van der Waals surface area contributed by atoms with Crippen LogP contribution in [-0.4, -0.2) is 47.9 Å². The maximum atomic E-state index is 15.1. The van der Waals surface area contributed by atoms with Crippen molar-refractivity contribution < 1.29 is 19.3 Å². The predicted molar refractivity (Wildman–Crippen MR) is 160 cm³/mol. The lowest BCUT2D eigenvalue weighted by Crippen LogP contribution is -2.33. The number of nitrogens with zero attached hydrogens (tertiary/aromatic N) is 2. The molecule has 2 N–H and O–H groups in total. The number of piperidine rings is 1. The number of halogens is 1. The fourth-order valence-corrected chi connectivity index (χ4v) is 6.24. The van der Waals surface area contributed by atoms with E-state index in [1.54, 1.807) is 30.3 Å². The normalized spacial score (nSPS) is 16.8. The molecule has 40 heavy (non-hydrogen) atoms. The van der Waals surface area contributed by atoms with Crippen LogP contribution in [0.4, 0.5) is 10.1 Å². The van der Waals surface area contributed by atoms with Crippen LogP contribution >= 0.6 is 0 Å². The molecule has 5 rings (SSSR count). The lowest BCUT2D eigenvalue weighted by molar-refractivity contribution is 0.180. The van der Waals surface area contributed by atoms with Crippen molar-refractivity contribution in [3.63, 3.8) is 0 Å². The number of ether oxygens (including phenoxy) is 1. The van der Waals surface area contributed by atoms with Crippen molar-refractivity contribution in [3.05, 3.63) is 88.7 Å². The van der Waals surface area contributed by atoms with E-state index in [4.69, 9.17) is 4.74 Å². The summed E-state index contributed by atoms with van der Waals surface area (Å²) in [7, 11) is 0. The first kappa shape index (κ1) is 28.0. The highest BCUT2D eigenvalue weighted by atomic mass is 19.1. The fraction of sp³-hybridized carbons (Fsp3) is 0.412. The Balaban J connectivity index is 1.35. The second-order valence-electron chi connectivity index (χ2n) is 11.5. The number of aromatic hydroxyl groups is 2. The zero-order chi connectivity index (χ0) is 28.3. The SMILES string of the molecule is CCN(Cc1ccc(OCCN2CCCCC2)c(F)c1)c1cc(O)ccc1C1=CCc2cc(O)ccc2C1(C)C. The molecule has 0 saturated carbocycles. The molecule has 0 bridgehead atoms. The summed E-state index contributed by atoms with van der Waals surface area (Å²) in [5.41, 5.74) is 5.97. The molecule has 1 heterocycles. The van der Waals surface area contributed by atoms with Crippen LogP contribution in [0.3, 0.4) is 0 Å². The van der Waals surface area contributed by atoms with E-state index in [1.165, 1.54) is 30.4 Å². The molecular weight excluding hydrogens is 503 g/mol. The summed E-state index contributed by atoms with van der Waals surface area (Å²) in [4.78, 5) is 4.55. The Bertz CT molecular complexity index is 1380. The summed E-state index contributed by atoms with van der Waals surface area (Å²) in [5, 5.41) is 20.5.